The van der Waals surface area contributed by atoms with E-state index in [0.717, 1.165) is 39.7 Å². The standard InChI is InChI=1S/C17H20N8S/c1-3-12-6-15(26-23-12)22-16-17-19-8-14(11-7-20-24(2)9-11)25(17)10-13(21-16)4-5-18/h6-10H,3-5,18H2,1-2H3,(H,21,22). The fourth-order valence-electron chi connectivity index (χ4n) is 2.81. The topological polar surface area (TPSA) is 98.9 Å². The lowest BCUT2D eigenvalue weighted by Crippen LogP contribution is -2.08. The molecule has 0 bridgehead atoms. The van der Waals surface area contributed by atoms with Crippen LogP contribution in [0, 0.1) is 0 Å². The molecule has 8 nitrogen and oxygen atoms in total. The van der Waals surface area contributed by atoms with Gasteiger partial charge in [-0.1, -0.05) is 6.92 Å². The van der Waals surface area contributed by atoms with Crippen molar-refractivity contribution in [1.29, 1.82) is 0 Å². The highest BCUT2D eigenvalue weighted by molar-refractivity contribution is 7.10. The predicted molar refractivity (Wildman–Crippen MR) is 103 cm³/mol. The molecule has 0 aliphatic carbocycles. The number of hydrogen-bond donors (Lipinski definition) is 2. The maximum absolute atomic E-state index is 5.75. The molecule has 0 saturated heterocycles. The summed E-state index contributed by atoms with van der Waals surface area (Å²) in [6, 6.07) is 2.05. The zero-order valence-electron chi connectivity index (χ0n) is 14.7. The molecule has 9 heteroatoms. The number of nitrogens with one attached hydrogen (secondary N) is 1. The van der Waals surface area contributed by atoms with Gasteiger partial charge in [0.1, 0.15) is 5.00 Å². The molecule has 0 amide bonds. The first-order valence-electron chi connectivity index (χ1n) is 8.46. The fraction of sp³-hybridized carbons (Fsp3) is 0.294. The zero-order valence-corrected chi connectivity index (χ0v) is 15.5. The Morgan fingerprint density at radius 1 is 1.23 bits per heavy atom. The summed E-state index contributed by atoms with van der Waals surface area (Å²) in [7, 11) is 1.90. The minimum Gasteiger partial charge on any atom is -0.330 e. The molecule has 0 radical (unpaired) electrons. The monoisotopic (exact) mass is 368 g/mol. The molecule has 0 aliphatic rings. The molecular weight excluding hydrogens is 348 g/mol. The number of hydrogen-bond acceptors (Lipinski definition) is 7. The first-order chi connectivity index (χ1) is 12.7. The number of nitrogens with two attached hydrogens (primary N) is 1. The molecule has 4 rings (SSSR count). The molecule has 3 N–H and O–H groups in total. The average molecular weight is 368 g/mol. The van der Waals surface area contributed by atoms with Gasteiger partial charge >= 0.3 is 0 Å². The lowest BCUT2D eigenvalue weighted by atomic mass is 10.2. The lowest BCUT2D eigenvalue weighted by Gasteiger charge is -2.09. The Balaban J connectivity index is 1.81. The summed E-state index contributed by atoms with van der Waals surface area (Å²) in [6.07, 6.45) is 9.23. The van der Waals surface area contributed by atoms with Crippen LogP contribution in [0.25, 0.3) is 16.9 Å². The Morgan fingerprint density at radius 3 is 2.81 bits per heavy atom. The second kappa shape index (κ2) is 6.85. The van der Waals surface area contributed by atoms with Crippen molar-refractivity contribution in [2.75, 3.05) is 11.9 Å². The van der Waals surface area contributed by atoms with Gasteiger partial charge in [-0.3, -0.25) is 9.08 Å². The number of rotatable bonds is 6. The maximum atomic E-state index is 5.75. The Hall–Kier alpha value is -2.78. The highest BCUT2D eigenvalue weighted by Gasteiger charge is 2.14. The number of anilines is 2. The van der Waals surface area contributed by atoms with E-state index in [1.807, 2.05) is 42.3 Å². The van der Waals surface area contributed by atoms with Crippen LogP contribution in [0.5, 0.6) is 0 Å². The van der Waals surface area contributed by atoms with E-state index in [1.165, 1.54) is 11.5 Å². The second-order valence-electron chi connectivity index (χ2n) is 6.02. The Labute approximate surface area is 154 Å². The molecule has 0 aliphatic heterocycles. The van der Waals surface area contributed by atoms with Gasteiger partial charge in [-0.05, 0) is 30.6 Å². The van der Waals surface area contributed by atoms with Crippen molar-refractivity contribution >= 4 is 28.0 Å². The van der Waals surface area contributed by atoms with Crippen molar-refractivity contribution in [3.05, 3.63) is 42.2 Å². The molecule has 0 aromatic carbocycles. The molecule has 0 spiro atoms. The summed E-state index contributed by atoms with van der Waals surface area (Å²) in [4.78, 5) is 9.30. The number of aromatic nitrogens is 6. The third-order valence-corrected chi connectivity index (χ3v) is 4.85. The van der Waals surface area contributed by atoms with Gasteiger partial charge in [-0.25, -0.2) is 9.97 Å². The van der Waals surface area contributed by atoms with Crippen molar-refractivity contribution in [1.82, 2.24) is 28.5 Å². The number of imidazole rings is 1. The number of nitrogens with zero attached hydrogens (tertiary/aromatic N) is 6. The van der Waals surface area contributed by atoms with E-state index in [2.05, 4.69) is 26.7 Å². The molecule has 26 heavy (non-hydrogen) atoms. The quantitative estimate of drug-likeness (QED) is 0.542. The smallest absolute Gasteiger partial charge is 0.180 e. The second-order valence-corrected chi connectivity index (χ2v) is 6.83. The Bertz CT molecular complexity index is 1040. The highest BCUT2D eigenvalue weighted by Crippen LogP contribution is 2.27. The van der Waals surface area contributed by atoms with E-state index in [0.29, 0.717) is 18.8 Å². The van der Waals surface area contributed by atoms with Crippen LogP contribution in [-0.2, 0) is 19.9 Å². The molecule has 0 fully saturated rings. The minimum absolute atomic E-state index is 0.537. The first-order valence-corrected chi connectivity index (χ1v) is 9.24. The van der Waals surface area contributed by atoms with E-state index in [1.54, 1.807) is 4.68 Å². The van der Waals surface area contributed by atoms with Gasteiger partial charge in [0.25, 0.3) is 0 Å². The molecule has 4 aromatic rings. The van der Waals surface area contributed by atoms with Crippen LogP contribution >= 0.6 is 11.5 Å². The van der Waals surface area contributed by atoms with Crippen LogP contribution in [0.1, 0.15) is 18.3 Å². The Kier molecular flexibility index (Phi) is 4.39. The fourth-order valence-corrected chi connectivity index (χ4v) is 3.54. The largest absolute Gasteiger partial charge is 0.330 e. The summed E-state index contributed by atoms with van der Waals surface area (Å²) in [6.45, 7) is 2.63. The van der Waals surface area contributed by atoms with Gasteiger partial charge < -0.3 is 11.1 Å². The highest BCUT2D eigenvalue weighted by atomic mass is 32.1. The van der Waals surface area contributed by atoms with Gasteiger partial charge in [0.15, 0.2) is 11.5 Å². The zero-order chi connectivity index (χ0) is 18.1. The minimum atomic E-state index is 0.537. The molecule has 4 heterocycles. The van der Waals surface area contributed by atoms with E-state index >= 15 is 0 Å². The van der Waals surface area contributed by atoms with Gasteiger partial charge in [0.2, 0.25) is 0 Å². The normalized spacial score (nSPS) is 11.3. The van der Waals surface area contributed by atoms with Crippen LogP contribution in [0.15, 0.2) is 30.9 Å². The van der Waals surface area contributed by atoms with Gasteiger partial charge in [0, 0.05) is 31.4 Å². The van der Waals surface area contributed by atoms with Crippen LogP contribution in [-0.4, -0.2) is 35.1 Å². The lowest BCUT2D eigenvalue weighted by molar-refractivity contribution is 0.768. The van der Waals surface area contributed by atoms with Crippen molar-refractivity contribution < 1.29 is 0 Å². The summed E-state index contributed by atoms with van der Waals surface area (Å²) in [5, 5.41) is 8.58. The van der Waals surface area contributed by atoms with Crippen molar-refractivity contribution in [3.63, 3.8) is 0 Å². The average Bonchev–Trinajstić information content (AvgIpc) is 3.34. The van der Waals surface area contributed by atoms with Gasteiger partial charge in [-0.2, -0.15) is 9.47 Å². The van der Waals surface area contributed by atoms with Gasteiger partial charge in [-0.15, -0.1) is 0 Å². The predicted octanol–water partition coefficient (Wildman–Crippen LogP) is 2.39. The summed E-state index contributed by atoms with van der Waals surface area (Å²) in [5.74, 6) is 0.706. The van der Waals surface area contributed by atoms with Crippen LogP contribution < -0.4 is 11.1 Å². The van der Waals surface area contributed by atoms with Crippen molar-refractivity contribution in [3.8, 4) is 11.3 Å². The molecule has 0 atom stereocenters. The Morgan fingerprint density at radius 2 is 2.12 bits per heavy atom. The molecule has 4 aromatic heterocycles. The van der Waals surface area contributed by atoms with Crippen molar-refractivity contribution in [2.24, 2.45) is 12.8 Å². The van der Waals surface area contributed by atoms with Gasteiger partial charge in [0.05, 0.1) is 29.5 Å². The van der Waals surface area contributed by atoms with Crippen LogP contribution in [0.4, 0.5) is 10.8 Å². The van der Waals surface area contributed by atoms with E-state index in [-0.39, 0.29) is 0 Å². The van der Waals surface area contributed by atoms with E-state index in [4.69, 9.17) is 10.7 Å². The summed E-state index contributed by atoms with van der Waals surface area (Å²) < 4.78 is 8.24. The molecular formula is C17H20N8S. The SMILES string of the molecule is CCc1cc(Nc2nc(CCN)cn3c(-c4cnn(C)c4)cnc23)sn1. The molecule has 0 unspecified atom stereocenters. The van der Waals surface area contributed by atoms with E-state index < -0.39 is 0 Å². The molecule has 134 valence electrons. The summed E-state index contributed by atoms with van der Waals surface area (Å²) >= 11 is 1.43. The molecule has 0 saturated carbocycles. The third-order valence-electron chi connectivity index (χ3n) is 4.11. The van der Waals surface area contributed by atoms with Crippen molar-refractivity contribution in [2.45, 2.75) is 19.8 Å². The number of aryl methyl sites for hydroxylation is 2. The first kappa shape index (κ1) is 16.7. The van der Waals surface area contributed by atoms with E-state index in [9.17, 15) is 0 Å². The maximum Gasteiger partial charge on any atom is 0.180 e. The van der Waals surface area contributed by atoms with Crippen LogP contribution in [0.2, 0.25) is 0 Å². The third kappa shape index (κ3) is 3.06. The summed E-state index contributed by atoms with van der Waals surface area (Å²) in [5.41, 5.74) is 10.4. The van der Waals surface area contributed by atoms with Crippen LogP contribution in [0.3, 0.4) is 0 Å². The number of fused-ring (bicyclic) bond motifs is 1.